The Labute approximate surface area is 184 Å². The molecule has 0 atom stereocenters. The van der Waals surface area contributed by atoms with E-state index in [2.05, 4.69) is 20.6 Å². The van der Waals surface area contributed by atoms with Crippen molar-refractivity contribution >= 4 is 34.5 Å². The average Bonchev–Trinajstić information content (AvgIpc) is 3.25. The fourth-order valence-electron chi connectivity index (χ4n) is 3.11. The number of carbonyl (C=O) groups is 2. The minimum atomic E-state index is -0.222. The van der Waals surface area contributed by atoms with Gasteiger partial charge in [-0.25, -0.2) is 4.98 Å². The number of nitrogens with one attached hydrogen (secondary N) is 2. The molecular weight excluding hydrogens is 408 g/mol. The van der Waals surface area contributed by atoms with Gasteiger partial charge in [-0.2, -0.15) is 0 Å². The van der Waals surface area contributed by atoms with Gasteiger partial charge in [0.05, 0.1) is 12.1 Å². The summed E-state index contributed by atoms with van der Waals surface area (Å²) in [6.07, 6.45) is 3.61. The van der Waals surface area contributed by atoms with Gasteiger partial charge >= 0.3 is 0 Å². The van der Waals surface area contributed by atoms with E-state index in [1.165, 1.54) is 11.3 Å². The zero-order valence-corrected chi connectivity index (χ0v) is 17.6. The van der Waals surface area contributed by atoms with Crippen molar-refractivity contribution in [3.05, 3.63) is 95.3 Å². The van der Waals surface area contributed by atoms with Gasteiger partial charge in [0.15, 0.2) is 0 Å². The number of anilines is 2. The number of para-hydroxylation sites is 1. The van der Waals surface area contributed by atoms with E-state index in [1.807, 2.05) is 54.8 Å². The molecule has 0 aliphatic heterocycles. The zero-order valence-electron chi connectivity index (χ0n) is 16.8. The second-order valence-electron chi connectivity index (χ2n) is 6.91. The number of thiazole rings is 1. The van der Waals surface area contributed by atoms with Gasteiger partial charge in [0.1, 0.15) is 5.01 Å². The molecule has 2 heterocycles. The summed E-state index contributed by atoms with van der Waals surface area (Å²) in [5.41, 5.74) is 4.15. The Hall–Kier alpha value is -3.84. The molecule has 0 radical (unpaired) electrons. The van der Waals surface area contributed by atoms with Crippen molar-refractivity contribution in [1.29, 1.82) is 0 Å². The van der Waals surface area contributed by atoms with Gasteiger partial charge in [0.25, 0.3) is 5.91 Å². The van der Waals surface area contributed by atoms with Gasteiger partial charge in [-0.3, -0.25) is 14.6 Å². The molecule has 0 bridgehead atoms. The van der Waals surface area contributed by atoms with Crippen molar-refractivity contribution in [2.75, 3.05) is 10.6 Å². The summed E-state index contributed by atoms with van der Waals surface area (Å²) in [5.74, 6) is -0.410. The topological polar surface area (TPSA) is 84.0 Å². The molecule has 0 saturated heterocycles. The number of amides is 2. The van der Waals surface area contributed by atoms with E-state index < -0.39 is 0 Å². The van der Waals surface area contributed by atoms with Gasteiger partial charge in [-0.1, -0.05) is 24.3 Å². The molecule has 2 aromatic carbocycles. The van der Waals surface area contributed by atoms with E-state index in [0.717, 1.165) is 10.6 Å². The molecule has 6 nitrogen and oxygen atoms in total. The van der Waals surface area contributed by atoms with Crippen molar-refractivity contribution in [1.82, 2.24) is 9.97 Å². The molecular formula is C24H20N4O2S. The number of aromatic nitrogens is 2. The highest BCUT2D eigenvalue weighted by Gasteiger charge is 2.15. The maximum absolute atomic E-state index is 12.7. The normalized spacial score (nSPS) is 10.5. The molecule has 4 aromatic rings. The summed E-state index contributed by atoms with van der Waals surface area (Å²) in [6, 6.07) is 18.3. The molecule has 0 saturated carbocycles. The SMILES string of the molecule is Cc1c(NC(=O)Cc2csc(-c3cccnc3)n2)cccc1C(=O)Nc1ccccc1. The van der Waals surface area contributed by atoms with Gasteiger partial charge in [-0.15, -0.1) is 11.3 Å². The minimum absolute atomic E-state index is 0.149. The van der Waals surface area contributed by atoms with Crippen molar-refractivity contribution in [2.24, 2.45) is 0 Å². The Morgan fingerprint density at radius 3 is 2.58 bits per heavy atom. The van der Waals surface area contributed by atoms with Crippen LogP contribution in [0.15, 0.2) is 78.4 Å². The second kappa shape index (κ2) is 9.32. The van der Waals surface area contributed by atoms with Crippen LogP contribution < -0.4 is 10.6 Å². The molecule has 0 aliphatic carbocycles. The Balaban J connectivity index is 1.43. The van der Waals surface area contributed by atoms with Crippen LogP contribution in [0.3, 0.4) is 0 Å². The first-order valence-electron chi connectivity index (χ1n) is 9.71. The van der Waals surface area contributed by atoms with Crippen LogP contribution in [0.1, 0.15) is 21.6 Å². The fourth-order valence-corrected chi connectivity index (χ4v) is 3.92. The lowest BCUT2D eigenvalue weighted by molar-refractivity contribution is -0.115. The number of nitrogens with zero attached hydrogens (tertiary/aromatic N) is 2. The number of hydrogen-bond acceptors (Lipinski definition) is 5. The molecule has 4 rings (SSSR count). The quantitative estimate of drug-likeness (QED) is 0.455. The molecule has 0 fully saturated rings. The summed E-state index contributed by atoms with van der Waals surface area (Å²) >= 11 is 1.48. The largest absolute Gasteiger partial charge is 0.325 e. The van der Waals surface area contributed by atoms with Crippen molar-refractivity contribution in [2.45, 2.75) is 13.3 Å². The lowest BCUT2D eigenvalue weighted by Gasteiger charge is -2.12. The van der Waals surface area contributed by atoms with Crippen LogP contribution >= 0.6 is 11.3 Å². The van der Waals surface area contributed by atoms with Crippen LogP contribution in [0, 0.1) is 6.92 Å². The highest BCUT2D eigenvalue weighted by molar-refractivity contribution is 7.13. The van der Waals surface area contributed by atoms with Gasteiger partial charge in [0, 0.05) is 40.3 Å². The summed E-state index contributed by atoms with van der Waals surface area (Å²) in [5, 5.41) is 8.47. The summed E-state index contributed by atoms with van der Waals surface area (Å²) in [4.78, 5) is 33.9. The summed E-state index contributed by atoms with van der Waals surface area (Å²) in [6.45, 7) is 1.82. The molecule has 2 amide bonds. The van der Waals surface area contributed by atoms with E-state index in [1.54, 1.807) is 30.6 Å². The van der Waals surface area contributed by atoms with Crippen LogP contribution in [0.5, 0.6) is 0 Å². The van der Waals surface area contributed by atoms with Gasteiger partial charge in [0.2, 0.25) is 5.91 Å². The Kier molecular flexibility index (Phi) is 6.14. The number of hydrogen-bond donors (Lipinski definition) is 2. The van der Waals surface area contributed by atoms with Crippen LogP contribution in [0.4, 0.5) is 11.4 Å². The van der Waals surface area contributed by atoms with Crippen molar-refractivity contribution < 1.29 is 9.59 Å². The predicted octanol–water partition coefficient (Wildman–Crippen LogP) is 4.95. The minimum Gasteiger partial charge on any atom is -0.325 e. The number of pyridine rings is 1. The Morgan fingerprint density at radius 1 is 0.968 bits per heavy atom. The van der Waals surface area contributed by atoms with Crippen molar-refractivity contribution in [3.8, 4) is 10.6 Å². The number of carbonyl (C=O) groups excluding carboxylic acids is 2. The maximum Gasteiger partial charge on any atom is 0.256 e. The smallest absolute Gasteiger partial charge is 0.256 e. The molecule has 0 spiro atoms. The van der Waals surface area contributed by atoms with Crippen LogP contribution in [0.2, 0.25) is 0 Å². The molecule has 2 N–H and O–H groups in total. The zero-order chi connectivity index (χ0) is 21.6. The van der Waals surface area contributed by atoms with E-state index in [0.29, 0.717) is 28.2 Å². The first-order valence-corrected chi connectivity index (χ1v) is 10.6. The fraction of sp³-hybridized carbons (Fsp3) is 0.0833. The van der Waals surface area contributed by atoms with E-state index in [-0.39, 0.29) is 18.2 Å². The molecule has 2 aromatic heterocycles. The first kappa shape index (κ1) is 20.4. The lowest BCUT2D eigenvalue weighted by atomic mass is 10.1. The Bertz CT molecular complexity index is 1210. The van der Waals surface area contributed by atoms with Crippen LogP contribution in [-0.2, 0) is 11.2 Å². The third kappa shape index (κ3) is 5.02. The second-order valence-corrected chi connectivity index (χ2v) is 7.77. The predicted molar refractivity (Wildman–Crippen MR) is 123 cm³/mol. The van der Waals surface area contributed by atoms with E-state index in [4.69, 9.17) is 0 Å². The third-order valence-corrected chi connectivity index (χ3v) is 5.63. The summed E-state index contributed by atoms with van der Waals surface area (Å²) in [7, 11) is 0. The first-order chi connectivity index (χ1) is 15.1. The van der Waals surface area contributed by atoms with E-state index >= 15 is 0 Å². The average molecular weight is 429 g/mol. The van der Waals surface area contributed by atoms with Crippen LogP contribution in [0.25, 0.3) is 10.6 Å². The monoisotopic (exact) mass is 428 g/mol. The van der Waals surface area contributed by atoms with Gasteiger partial charge in [-0.05, 0) is 48.9 Å². The lowest BCUT2D eigenvalue weighted by Crippen LogP contribution is -2.18. The highest BCUT2D eigenvalue weighted by Crippen LogP contribution is 2.24. The standard InChI is InChI=1S/C24H20N4O2S/c1-16-20(23(30)26-18-8-3-2-4-9-18)10-5-11-21(16)28-22(29)13-19-15-31-24(27-19)17-7-6-12-25-14-17/h2-12,14-15H,13H2,1H3,(H,26,30)(H,28,29). The number of rotatable bonds is 6. The van der Waals surface area contributed by atoms with Crippen LogP contribution in [-0.4, -0.2) is 21.8 Å². The number of benzene rings is 2. The Morgan fingerprint density at radius 2 is 1.81 bits per heavy atom. The molecule has 7 heteroatoms. The highest BCUT2D eigenvalue weighted by atomic mass is 32.1. The maximum atomic E-state index is 12.7. The van der Waals surface area contributed by atoms with E-state index in [9.17, 15) is 9.59 Å². The molecule has 31 heavy (non-hydrogen) atoms. The van der Waals surface area contributed by atoms with Gasteiger partial charge < -0.3 is 10.6 Å². The molecule has 0 aliphatic rings. The van der Waals surface area contributed by atoms with Crippen molar-refractivity contribution in [3.63, 3.8) is 0 Å². The molecule has 0 unspecified atom stereocenters. The third-order valence-electron chi connectivity index (χ3n) is 4.69. The molecule has 154 valence electrons. The summed E-state index contributed by atoms with van der Waals surface area (Å²) < 4.78 is 0.